The van der Waals surface area contributed by atoms with Gasteiger partial charge in [-0.05, 0) is 37.4 Å². The third-order valence-corrected chi connectivity index (χ3v) is 5.85. The molecule has 0 bridgehead atoms. The van der Waals surface area contributed by atoms with Crippen LogP contribution in [-0.2, 0) is 4.79 Å². The molecule has 0 radical (unpaired) electrons. The number of amides is 1. The number of anilines is 4. The molecule has 0 saturated carbocycles. The predicted molar refractivity (Wildman–Crippen MR) is 138 cm³/mol. The molecular weight excluding hydrogens is 487 g/mol. The van der Waals surface area contributed by atoms with Crippen molar-refractivity contribution < 1.29 is 18.7 Å². The molecule has 2 aromatic carbocycles. The highest BCUT2D eigenvalue weighted by Gasteiger charge is 2.17. The average molecular weight is 513 g/mol. The van der Waals surface area contributed by atoms with Crippen LogP contribution in [0.15, 0.2) is 61.1 Å². The Balaban J connectivity index is 1.50. The Kier molecular flexibility index (Phi) is 7.87. The van der Waals surface area contributed by atoms with E-state index in [4.69, 9.17) is 21.1 Å². The van der Waals surface area contributed by atoms with Crippen LogP contribution in [0.3, 0.4) is 0 Å². The highest BCUT2D eigenvalue weighted by molar-refractivity contribution is 6.32. The minimum Gasteiger partial charge on any atom is -0.493 e. The molecule has 0 unspecified atom stereocenters. The molecule has 1 aromatic heterocycles. The van der Waals surface area contributed by atoms with E-state index in [0.29, 0.717) is 22.9 Å². The summed E-state index contributed by atoms with van der Waals surface area (Å²) in [5, 5.41) is 5.71. The number of piperazine rings is 1. The molecule has 3 aromatic rings. The summed E-state index contributed by atoms with van der Waals surface area (Å²) in [4.78, 5) is 24.7. The number of carbonyl (C=O) groups is 1. The van der Waals surface area contributed by atoms with Crippen molar-refractivity contribution in [1.29, 1.82) is 0 Å². The number of hydrogen-bond acceptors (Lipinski definition) is 8. The van der Waals surface area contributed by atoms with Gasteiger partial charge in [0.05, 0.1) is 13.3 Å². The fourth-order valence-corrected chi connectivity index (χ4v) is 3.74. The number of halogens is 2. The molecule has 1 aliphatic rings. The topological polar surface area (TPSA) is 91.8 Å². The van der Waals surface area contributed by atoms with Gasteiger partial charge in [0.15, 0.2) is 23.1 Å². The van der Waals surface area contributed by atoms with Crippen molar-refractivity contribution in [2.45, 2.75) is 0 Å². The van der Waals surface area contributed by atoms with E-state index in [0.717, 1.165) is 31.9 Å². The molecular formula is C25H26ClFN6O3. The van der Waals surface area contributed by atoms with Crippen molar-refractivity contribution in [3.63, 3.8) is 0 Å². The first kappa shape index (κ1) is 25.2. The van der Waals surface area contributed by atoms with Gasteiger partial charge in [0.2, 0.25) is 0 Å². The first-order chi connectivity index (χ1) is 17.3. The molecule has 36 heavy (non-hydrogen) atoms. The lowest BCUT2D eigenvalue weighted by Gasteiger charge is -2.34. The normalized spacial score (nSPS) is 13.7. The predicted octanol–water partition coefficient (Wildman–Crippen LogP) is 4.85. The number of benzene rings is 2. The lowest BCUT2D eigenvalue weighted by atomic mass is 10.2. The second kappa shape index (κ2) is 11.2. The number of rotatable bonds is 8. The van der Waals surface area contributed by atoms with Crippen molar-refractivity contribution in [1.82, 2.24) is 14.9 Å². The Morgan fingerprint density at radius 3 is 2.58 bits per heavy atom. The van der Waals surface area contributed by atoms with Gasteiger partial charge in [0, 0.05) is 49.3 Å². The zero-order chi connectivity index (χ0) is 25.7. The van der Waals surface area contributed by atoms with E-state index < -0.39 is 11.7 Å². The number of ether oxygens (including phenoxy) is 2. The van der Waals surface area contributed by atoms with Gasteiger partial charge in [0.25, 0.3) is 5.91 Å². The molecule has 0 aliphatic carbocycles. The quantitative estimate of drug-likeness (QED) is 0.414. The van der Waals surface area contributed by atoms with Gasteiger partial charge >= 0.3 is 6.01 Å². The number of nitrogens with zero attached hydrogens (tertiary/aromatic N) is 4. The Bertz CT molecular complexity index is 1270. The van der Waals surface area contributed by atoms with Crippen LogP contribution in [-0.4, -0.2) is 61.1 Å². The summed E-state index contributed by atoms with van der Waals surface area (Å²) < 4.78 is 24.5. The summed E-state index contributed by atoms with van der Waals surface area (Å²) in [6.07, 6.45) is 1.41. The van der Waals surface area contributed by atoms with E-state index in [2.05, 4.69) is 44.0 Å². The number of aromatic nitrogens is 2. The minimum absolute atomic E-state index is 0.0609. The molecule has 188 valence electrons. The summed E-state index contributed by atoms with van der Waals surface area (Å²) in [5.74, 6) is -0.707. The molecule has 1 fully saturated rings. The van der Waals surface area contributed by atoms with Gasteiger partial charge in [-0.1, -0.05) is 24.2 Å². The van der Waals surface area contributed by atoms with Crippen molar-refractivity contribution >= 4 is 40.4 Å². The van der Waals surface area contributed by atoms with Crippen LogP contribution in [0.25, 0.3) is 0 Å². The Hall–Kier alpha value is -3.89. The van der Waals surface area contributed by atoms with Crippen LogP contribution >= 0.6 is 11.6 Å². The third-order valence-electron chi connectivity index (χ3n) is 5.57. The van der Waals surface area contributed by atoms with E-state index in [1.165, 1.54) is 6.20 Å². The van der Waals surface area contributed by atoms with Crippen LogP contribution in [0.2, 0.25) is 5.02 Å². The maximum atomic E-state index is 13.0. The van der Waals surface area contributed by atoms with Crippen LogP contribution < -0.4 is 25.0 Å². The molecule has 0 atom stereocenters. The van der Waals surface area contributed by atoms with Gasteiger partial charge in [0.1, 0.15) is 5.02 Å². The molecule has 1 saturated heterocycles. The summed E-state index contributed by atoms with van der Waals surface area (Å²) in [7, 11) is 3.69. The van der Waals surface area contributed by atoms with Crippen molar-refractivity contribution in [2.75, 3.05) is 55.9 Å². The summed E-state index contributed by atoms with van der Waals surface area (Å²) in [6, 6.07) is 12.4. The molecule has 0 spiro atoms. The van der Waals surface area contributed by atoms with E-state index in [1.54, 1.807) is 31.4 Å². The maximum absolute atomic E-state index is 13.0. The van der Waals surface area contributed by atoms with Crippen LogP contribution in [0.1, 0.15) is 0 Å². The standard InChI is InChI=1S/C25H26ClFN6O3/c1-16(27)24(34)30-18-6-4-5-17(13-18)29-23-20(26)15-28-25(31-23)36-21-8-7-19(14-22(21)35-3)33-11-9-32(2)10-12-33/h4-8,13-15H,1,9-12H2,2-3H3,(H,30,34)(H,28,29,31). The molecule has 1 amide bonds. The number of carbonyl (C=O) groups excluding carboxylic acids is 1. The van der Waals surface area contributed by atoms with Crippen LogP contribution in [0.5, 0.6) is 17.5 Å². The SMILES string of the molecule is C=C(F)C(=O)Nc1cccc(Nc2nc(Oc3ccc(N4CCN(C)CC4)cc3OC)ncc2Cl)c1. The van der Waals surface area contributed by atoms with Crippen molar-refractivity contribution in [2.24, 2.45) is 0 Å². The fraction of sp³-hybridized carbons (Fsp3) is 0.240. The first-order valence-electron chi connectivity index (χ1n) is 11.2. The second-order valence-electron chi connectivity index (χ2n) is 8.14. The highest BCUT2D eigenvalue weighted by Crippen LogP contribution is 2.35. The molecule has 1 aliphatic heterocycles. The first-order valence-corrected chi connectivity index (χ1v) is 11.5. The molecule has 9 nitrogen and oxygen atoms in total. The van der Waals surface area contributed by atoms with Gasteiger partial charge < -0.3 is 29.9 Å². The number of methoxy groups -OCH3 is 1. The minimum atomic E-state index is -1.08. The van der Waals surface area contributed by atoms with E-state index in [9.17, 15) is 9.18 Å². The molecule has 2 N–H and O–H groups in total. The highest BCUT2D eigenvalue weighted by atomic mass is 35.5. The molecule has 2 heterocycles. The zero-order valence-electron chi connectivity index (χ0n) is 19.9. The third kappa shape index (κ3) is 6.21. The Morgan fingerprint density at radius 2 is 1.86 bits per heavy atom. The Labute approximate surface area is 213 Å². The van der Waals surface area contributed by atoms with E-state index in [1.807, 2.05) is 18.2 Å². The van der Waals surface area contributed by atoms with Gasteiger partial charge in [-0.2, -0.15) is 4.98 Å². The average Bonchev–Trinajstić information content (AvgIpc) is 2.87. The smallest absolute Gasteiger partial charge is 0.324 e. The largest absolute Gasteiger partial charge is 0.493 e. The van der Waals surface area contributed by atoms with Crippen LogP contribution in [0.4, 0.5) is 27.3 Å². The zero-order valence-corrected chi connectivity index (χ0v) is 20.7. The van der Waals surface area contributed by atoms with Gasteiger partial charge in [-0.15, -0.1) is 0 Å². The van der Waals surface area contributed by atoms with E-state index >= 15 is 0 Å². The van der Waals surface area contributed by atoms with Gasteiger partial charge in [-0.25, -0.2) is 9.37 Å². The molecule has 11 heteroatoms. The van der Waals surface area contributed by atoms with Crippen LogP contribution in [0, 0.1) is 0 Å². The Morgan fingerprint density at radius 1 is 1.11 bits per heavy atom. The number of nitrogens with one attached hydrogen (secondary N) is 2. The van der Waals surface area contributed by atoms with Crippen molar-refractivity contribution in [3.8, 4) is 17.5 Å². The molecule has 4 rings (SSSR count). The summed E-state index contributed by atoms with van der Waals surface area (Å²) in [6.45, 7) is 6.84. The second-order valence-corrected chi connectivity index (χ2v) is 8.55. The monoisotopic (exact) mass is 512 g/mol. The maximum Gasteiger partial charge on any atom is 0.324 e. The lowest BCUT2D eigenvalue weighted by molar-refractivity contribution is -0.114. The summed E-state index contributed by atoms with van der Waals surface area (Å²) in [5.41, 5.74) is 1.98. The van der Waals surface area contributed by atoms with E-state index in [-0.39, 0.29) is 16.9 Å². The lowest BCUT2D eigenvalue weighted by Crippen LogP contribution is -2.44. The fourth-order valence-electron chi connectivity index (χ4n) is 3.60. The number of hydrogen-bond donors (Lipinski definition) is 2. The van der Waals surface area contributed by atoms with Crippen molar-refractivity contribution in [3.05, 3.63) is 66.1 Å². The number of likely N-dealkylation sites (N-methyl/N-ethyl adjacent to an activating group) is 1. The summed E-state index contributed by atoms with van der Waals surface area (Å²) >= 11 is 6.28. The van der Waals surface area contributed by atoms with Gasteiger partial charge in [-0.3, -0.25) is 4.79 Å².